The van der Waals surface area contributed by atoms with Gasteiger partial charge in [0.1, 0.15) is 11.6 Å². The molecule has 6 heterocycles. The first kappa shape index (κ1) is 37.3. The molecule has 3 N–H and O–H groups in total. The number of imide groups is 1. The number of H-pyrrole nitrogens is 1. The summed E-state index contributed by atoms with van der Waals surface area (Å²) in [5.74, 6) is -0.383. The summed E-state index contributed by atoms with van der Waals surface area (Å²) in [4.78, 5) is 62.2. The normalized spacial score (nSPS) is 18.6. The van der Waals surface area contributed by atoms with Gasteiger partial charge in [0.05, 0.1) is 24.3 Å². The summed E-state index contributed by atoms with van der Waals surface area (Å²) < 4.78 is 30.3. The molecule has 3 saturated heterocycles. The molecule has 0 bridgehead atoms. The number of nitrogens with one attached hydrogen (secondary N) is 3. The van der Waals surface area contributed by atoms with E-state index in [9.17, 15) is 28.0 Å². The van der Waals surface area contributed by atoms with Crippen molar-refractivity contribution < 1.29 is 32.7 Å². The van der Waals surface area contributed by atoms with Crippen LogP contribution in [0.25, 0.3) is 11.3 Å². The second-order valence-corrected chi connectivity index (χ2v) is 14.6. The molecule has 2 aromatic carbocycles. The van der Waals surface area contributed by atoms with Gasteiger partial charge in [-0.25, -0.2) is 19.8 Å². The quantitative estimate of drug-likeness (QED) is 0.196. The van der Waals surface area contributed by atoms with E-state index < -0.39 is 17.5 Å². The molecule has 0 spiro atoms. The zero-order valence-corrected chi connectivity index (χ0v) is 31.0. The number of urea groups is 1. The van der Waals surface area contributed by atoms with E-state index in [2.05, 4.69) is 46.3 Å². The SMILES string of the molecule is O=C1CCN(N2Cc3cc(CN4CCC(N5CCN(c6ncc(C(=O)Nc7ccc(OC(F)(F)Cl)cc7)cc6-c6ccn[nH]6)CC5)CC4)ccc3C2=O)C(=O)N1. The van der Waals surface area contributed by atoms with Crippen LogP contribution in [-0.2, 0) is 17.9 Å². The third-order valence-electron chi connectivity index (χ3n) is 10.6. The van der Waals surface area contributed by atoms with Crippen molar-refractivity contribution in [3.8, 4) is 17.0 Å². The van der Waals surface area contributed by atoms with Crippen LogP contribution in [0.4, 0.5) is 25.1 Å². The zero-order valence-electron chi connectivity index (χ0n) is 30.2. The Bertz CT molecular complexity index is 2120. The lowest BCUT2D eigenvalue weighted by atomic mass is 10.0. The highest BCUT2D eigenvalue weighted by Gasteiger charge is 2.37. The van der Waals surface area contributed by atoms with Gasteiger partial charge in [-0.05, 0) is 79.5 Å². The van der Waals surface area contributed by atoms with Crippen LogP contribution in [-0.4, -0.2) is 116 Å². The van der Waals surface area contributed by atoms with Gasteiger partial charge in [0.25, 0.3) is 11.8 Å². The van der Waals surface area contributed by atoms with Crippen molar-refractivity contribution in [2.75, 3.05) is 56.0 Å². The predicted molar refractivity (Wildman–Crippen MR) is 201 cm³/mol. The number of carbonyl (C=O) groups excluding carboxylic acids is 4. The number of pyridine rings is 1. The van der Waals surface area contributed by atoms with Gasteiger partial charge < -0.3 is 15.0 Å². The van der Waals surface area contributed by atoms with Gasteiger partial charge in [0.15, 0.2) is 0 Å². The number of ether oxygens (including phenoxy) is 1. The average molecular weight is 789 g/mol. The second kappa shape index (κ2) is 15.5. The van der Waals surface area contributed by atoms with Crippen LogP contribution in [0.3, 0.4) is 0 Å². The maximum atomic E-state index is 13.2. The largest absolute Gasteiger partial charge is 0.487 e. The van der Waals surface area contributed by atoms with E-state index in [1.807, 2.05) is 18.2 Å². The van der Waals surface area contributed by atoms with Crippen molar-refractivity contribution in [1.29, 1.82) is 0 Å². The second-order valence-electron chi connectivity index (χ2n) is 14.2. The van der Waals surface area contributed by atoms with E-state index in [4.69, 9.17) is 16.6 Å². The molecule has 4 aromatic rings. The molecular weight excluding hydrogens is 750 g/mol. The maximum Gasteiger partial charge on any atom is 0.487 e. The van der Waals surface area contributed by atoms with Crippen molar-refractivity contribution in [1.82, 2.24) is 40.3 Å². The summed E-state index contributed by atoms with van der Waals surface area (Å²) in [5.41, 5.74) is 0.909. The summed E-state index contributed by atoms with van der Waals surface area (Å²) >= 11 is 4.84. The highest BCUT2D eigenvalue weighted by Crippen LogP contribution is 2.32. The van der Waals surface area contributed by atoms with Gasteiger partial charge in [0, 0.05) is 86.0 Å². The van der Waals surface area contributed by atoms with Gasteiger partial charge in [-0.15, -0.1) is 8.78 Å². The van der Waals surface area contributed by atoms with E-state index in [1.165, 1.54) is 40.5 Å². The topological polar surface area (TPSA) is 159 Å². The number of fused-ring (bicyclic) bond motifs is 1. The number of halogens is 3. The lowest BCUT2D eigenvalue weighted by Gasteiger charge is -2.43. The molecule has 4 aliphatic rings. The first-order chi connectivity index (χ1) is 27.0. The van der Waals surface area contributed by atoms with Crippen molar-refractivity contribution in [2.45, 2.75) is 44.0 Å². The van der Waals surface area contributed by atoms with Gasteiger partial charge >= 0.3 is 11.6 Å². The van der Waals surface area contributed by atoms with Crippen molar-refractivity contribution in [3.05, 3.63) is 89.2 Å². The number of rotatable bonds is 10. The molecule has 3 fully saturated rings. The van der Waals surface area contributed by atoms with Crippen LogP contribution < -0.4 is 20.3 Å². The first-order valence-corrected chi connectivity index (χ1v) is 18.8. The number of carbonyl (C=O) groups is 4. The van der Waals surface area contributed by atoms with Gasteiger partial charge in [0.2, 0.25) is 5.91 Å². The fraction of sp³-hybridized carbons (Fsp3) is 0.368. The molecule has 56 heavy (non-hydrogen) atoms. The number of likely N-dealkylation sites (tertiary alicyclic amines) is 1. The molecule has 4 aliphatic heterocycles. The molecular formula is C38H39ClF2N10O5. The molecule has 0 saturated carbocycles. The summed E-state index contributed by atoms with van der Waals surface area (Å²) in [6, 6.07) is 14.8. The standard InChI is InChI=1S/C38H39ClF2N10O5/c39-38(40,41)56-29-4-2-27(3-5-29)44-35(53)25-20-31(32-7-11-43-46-32)34(42-21-25)49-17-15-48(16-18-49)28-8-12-47(13-9-28)22-24-1-6-30-26(19-24)23-51(36(30)54)50-14-10-33(52)45-37(50)55/h1-7,11,19-21,28H,8-10,12-18,22-23H2,(H,43,46)(H,44,53)(H,45,52,55). The number of alkyl halides is 3. The van der Waals surface area contributed by atoms with Gasteiger partial charge in [-0.1, -0.05) is 12.1 Å². The number of aromatic nitrogens is 3. The average Bonchev–Trinajstić information content (AvgIpc) is 3.84. The highest BCUT2D eigenvalue weighted by atomic mass is 35.5. The Labute approximate surface area is 325 Å². The van der Waals surface area contributed by atoms with Crippen LogP contribution in [0.1, 0.15) is 51.1 Å². The van der Waals surface area contributed by atoms with E-state index in [1.54, 1.807) is 12.3 Å². The fourth-order valence-electron chi connectivity index (χ4n) is 7.82. The van der Waals surface area contributed by atoms with Crippen molar-refractivity contribution >= 4 is 46.9 Å². The molecule has 292 valence electrons. The zero-order chi connectivity index (χ0) is 39.0. The minimum Gasteiger partial charge on any atom is -0.420 e. The first-order valence-electron chi connectivity index (χ1n) is 18.4. The molecule has 18 heteroatoms. The Morgan fingerprint density at radius 2 is 1.70 bits per heavy atom. The number of nitrogens with zero attached hydrogens (tertiary/aromatic N) is 7. The minimum absolute atomic E-state index is 0.143. The van der Waals surface area contributed by atoms with Crippen LogP contribution in [0, 0.1) is 0 Å². The number of piperazine rings is 1. The molecule has 5 amide bonds. The minimum atomic E-state index is -3.84. The molecule has 2 aromatic heterocycles. The van der Waals surface area contributed by atoms with E-state index in [0.717, 1.165) is 86.9 Å². The fourth-order valence-corrected chi connectivity index (χ4v) is 7.91. The molecule has 0 radical (unpaired) electrons. The smallest absolute Gasteiger partial charge is 0.420 e. The lowest BCUT2D eigenvalue weighted by Crippen LogP contribution is -2.56. The maximum absolute atomic E-state index is 13.2. The lowest BCUT2D eigenvalue weighted by molar-refractivity contribution is -0.123. The molecule has 0 atom stereocenters. The van der Waals surface area contributed by atoms with E-state index in [0.29, 0.717) is 29.4 Å². The van der Waals surface area contributed by atoms with E-state index in [-0.39, 0.29) is 30.5 Å². The number of hydrogen-bond acceptors (Lipinski definition) is 10. The van der Waals surface area contributed by atoms with Crippen molar-refractivity contribution in [3.63, 3.8) is 0 Å². The summed E-state index contributed by atoms with van der Waals surface area (Å²) in [6.45, 7) is 6.40. The Hall–Kier alpha value is -5.65. The number of hydrazine groups is 1. The van der Waals surface area contributed by atoms with Gasteiger partial charge in [-0.2, -0.15) is 5.10 Å². The summed E-state index contributed by atoms with van der Waals surface area (Å²) in [6.07, 6.45) is 5.41. The van der Waals surface area contributed by atoms with Crippen LogP contribution in [0.15, 0.2) is 67.0 Å². The Balaban J connectivity index is 0.844. The molecule has 15 nitrogen and oxygen atoms in total. The van der Waals surface area contributed by atoms with E-state index >= 15 is 0 Å². The van der Waals surface area contributed by atoms with Crippen LogP contribution in [0.5, 0.6) is 5.75 Å². The third kappa shape index (κ3) is 8.15. The molecule has 0 aliphatic carbocycles. The number of hydrogen-bond donors (Lipinski definition) is 3. The predicted octanol–water partition coefficient (Wildman–Crippen LogP) is 4.49. The van der Waals surface area contributed by atoms with Crippen LogP contribution >= 0.6 is 11.6 Å². The summed E-state index contributed by atoms with van der Waals surface area (Å²) in [5, 5.41) is 14.9. The number of aromatic amines is 1. The number of amides is 5. The number of benzene rings is 2. The van der Waals surface area contributed by atoms with Crippen molar-refractivity contribution in [2.24, 2.45) is 0 Å². The Kier molecular flexibility index (Phi) is 10.3. The monoisotopic (exact) mass is 788 g/mol. The highest BCUT2D eigenvalue weighted by molar-refractivity contribution is 6.20. The molecule has 0 unspecified atom stereocenters. The molecule has 8 rings (SSSR count). The Morgan fingerprint density at radius 3 is 2.39 bits per heavy atom. The number of piperidine rings is 1. The van der Waals surface area contributed by atoms with Crippen LogP contribution in [0.2, 0.25) is 0 Å². The summed E-state index contributed by atoms with van der Waals surface area (Å²) in [7, 11) is 0. The third-order valence-corrected chi connectivity index (χ3v) is 10.7. The Morgan fingerprint density at radius 1 is 0.929 bits per heavy atom. The number of anilines is 2. The van der Waals surface area contributed by atoms with Gasteiger partial charge in [-0.3, -0.25) is 34.6 Å².